The van der Waals surface area contributed by atoms with Gasteiger partial charge in [-0.2, -0.15) is 0 Å². The summed E-state index contributed by atoms with van der Waals surface area (Å²) in [5.41, 5.74) is 1.30. The number of halogens is 1. The molecule has 0 radical (unpaired) electrons. The van der Waals surface area contributed by atoms with Gasteiger partial charge in [0.25, 0.3) is 0 Å². The van der Waals surface area contributed by atoms with E-state index in [0.29, 0.717) is 6.04 Å². The average molecular weight is 254 g/mol. The van der Waals surface area contributed by atoms with Crippen molar-refractivity contribution in [1.29, 1.82) is 0 Å². The van der Waals surface area contributed by atoms with Crippen LogP contribution in [-0.4, -0.2) is 6.04 Å². The number of benzene rings is 1. The molecule has 1 unspecified atom stereocenters. The summed E-state index contributed by atoms with van der Waals surface area (Å²) < 4.78 is 0. The number of unbranched alkanes of at least 4 members (excludes halogenated alkanes) is 3. The normalized spacial score (nSPS) is 12.6. The smallest absolute Gasteiger partial charge is 0.0406 e. The molecule has 1 nitrogen and oxygen atoms in total. The van der Waals surface area contributed by atoms with E-state index in [1.54, 1.807) is 0 Å². The Hall–Kier alpha value is -0.530. The second kappa shape index (κ2) is 8.54. The molecule has 1 N–H and O–H groups in total. The molecule has 17 heavy (non-hydrogen) atoms. The molecule has 1 rings (SSSR count). The van der Waals surface area contributed by atoms with Gasteiger partial charge in [-0.1, -0.05) is 56.3 Å². The average Bonchev–Trinajstić information content (AvgIpc) is 2.34. The lowest BCUT2D eigenvalue weighted by Gasteiger charge is -2.13. The van der Waals surface area contributed by atoms with Gasteiger partial charge in [0.2, 0.25) is 0 Å². The van der Waals surface area contributed by atoms with Crippen molar-refractivity contribution in [3.8, 4) is 0 Å². The highest BCUT2D eigenvalue weighted by molar-refractivity contribution is 6.30. The van der Waals surface area contributed by atoms with E-state index in [9.17, 15) is 0 Å². The monoisotopic (exact) mass is 253 g/mol. The fourth-order valence-corrected chi connectivity index (χ4v) is 2.00. The lowest BCUT2D eigenvalue weighted by molar-refractivity contribution is 0.483. The van der Waals surface area contributed by atoms with Crippen LogP contribution in [0, 0.1) is 0 Å². The molecular weight excluding hydrogens is 230 g/mol. The zero-order valence-electron chi connectivity index (χ0n) is 11.0. The number of hydrogen-bond donors (Lipinski definition) is 1. The molecule has 0 saturated heterocycles. The van der Waals surface area contributed by atoms with Crippen molar-refractivity contribution >= 4 is 11.6 Å². The first-order valence-electron chi connectivity index (χ1n) is 6.70. The van der Waals surface area contributed by atoms with E-state index in [-0.39, 0.29) is 0 Å². The van der Waals surface area contributed by atoms with E-state index in [1.807, 2.05) is 12.1 Å². The molecular formula is C15H24ClN. The molecule has 1 aromatic carbocycles. The van der Waals surface area contributed by atoms with Crippen molar-refractivity contribution in [2.75, 3.05) is 0 Å². The first kappa shape index (κ1) is 14.5. The molecule has 0 aliphatic carbocycles. The van der Waals surface area contributed by atoms with E-state index >= 15 is 0 Å². The van der Waals surface area contributed by atoms with Gasteiger partial charge in [-0.15, -0.1) is 0 Å². The quantitative estimate of drug-likeness (QED) is 0.657. The van der Waals surface area contributed by atoms with Crippen LogP contribution in [-0.2, 0) is 6.54 Å². The van der Waals surface area contributed by atoms with Crippen LogP contribution in [0.2, 0.25) is 5.02 Å². The second-order valence-electron chi connectivity index (χ2n) is 4.76. The van der Waals surface area contributed by atoms with Gasteiger partial charge in [0.05, 0.1) is 0 Å². The summed E-state index contributed by atoms with van der Waals surface area (Å²) in [5, 5.41) is 4.36. The van der Waals surface area contributed by atoms with E-state index in [4.69, 9.17) is 11.6 Å². The van der Waals surface area contributed by atoms with Crippen molar-refractivity contribution in [2.45, 2.75) is 58.5 Å². The van der Waals surface area contributed by atoms with E-state index < -0.39 is 0 Å². The third kappa shape index (κ3) is 6.70. The molecule has 1 atom stereocenters. The first-order chi connectivity index (χ1) is 8.22. The Morgan fingerprint density at radius 1 is 1.12 bits per heavy atom. The highest BCUT2D eigenvalue weighted by Crippen LogP contribution is 2.10. The van der Waals surface area contributed by atoms with Gasteiger partial charge >= 0.3 is 0 Å². The van der Waals surface area contributed by atoms with Gasteiger partial charge < -0.3 is 5.32 Å². The molecule has 0 bridgehead atoms. The van der Waals surface area contributed by atoms with Crippen molar-refractivity contribution in [3.63, 3.8) is 0 Å². The molecule has 0 aliphatic rings. The highest BCUT2D eigenvalue weighted by Gasteiger charge is 2.01. The SMILES string of the molecule is CCCCCCC(C)NCc1ccc(Cl)cc1. The lowest BCUT2D eigenvalue weighted by atomic mass is 10.1. The molecule has 96 valence electrons. The Balaban J connectivity index is 2.14. The predicted molar refractivity (Wildman–Crippen MR) is 76.5 cm³/mol. The maximum absolute atomic E-state index is 5.85. The van der Waals surface area contributed by atoms with Gasteiger partial charge in [-0.3, -0.25) is 0 Å². The van der Waals surface area contributed by atoms with Crippen LogP contribution >= 0.6 is 11.6 Å². The fraction of sp³-hybridized carbons (Fsp3) is 0.600. The summed E-state index contributed by atoms with van der Waals surface area (Å²) in [6, 6.07) is 8.66. The van der Waals surface area contributed by atoms with Crippen molar-refractivity contribution < 1.29 is 0 Å². The van der Waals surface area contributed by atoms with Crippen molar-refractivity contribution in [2.24, 2.45) is 0 Å². The van der Waals surface area contributed by atoms with E-state index in [2.05, 4.69) is 31.3 Å². The highest BCUT2D eigenvalue weighted by atomic mass is 35.5. The van der Waals surface area contributed by atoms with Crippen LogP contribution in [0.5, 0.6) is 0 Å². The standard InChI is InChI=1S/C15H24ClN/c1-3-4-5-6-7-13(2)17-12-14-8-10-15(16)11-9-14/h8-11,13,17H,3-7,12H2,1-2H3. The molecule has 0 aliphatic heterocycles. The molecule has 0 heterocycles. The molecule has 0 aromatic heterocycles. The van der Waals surface area contributed by atoms with Gasteiger partial charge in [-0.05, 0) is 31.0 Å². The van der Waals surface area contributed by atoms with Crippen molar-refractivity contribution in [3.05, 3.63) is 34.9 Å². The predicted octanol–water partition coefficient (Wildman–Crippen LogP) is 4.79. The summed E-state index contributed by atoms with van der Waals surface area (Å²) in [7, 11) is 0. The molecule has 0 amide bonds. The molecule has 2 heteroatoms. The minimum Gasteiger partial charge on any atom is -0.310 e. The van der Waals surface area contributed by atoms with E-state index in [1.165, 1.54) is 37.7 Å². The van der Waals surface area contributed by atoms with Crippen LogP contribution in [0.1, 0.15) is 51.5 Å². The zero-order valence-corrected chi connectivity index (χ0v) is 11.8. The Labute approximate surface area is 111 Å². The summed E-state index contributed by atoms with van der Waals surface area (Å²) in [6.07, 6.45) is 6.65. The molecule has 0 saturated carbocycles. The zero-order chi connectivity index (χ0) is 12.5. The maximum atomic E-state index is 5.85. The molecule has 0 spiro atoms. The Morgan fingerprint density at radius 2 is 1.82 bits per heavy atom. The number of rotatable bonds is 8. The van der Waals surface area contributed by atoms with Crippen LogP contribution in [0.15, 0.2) is 24.3 Å². The van der Waals surface area contributed by atoms with Crippen LogP contribution in [0.4, 0.5) is 0 Å². The number of nitrogens with one attached hydrogen (secondary N) is 1. The Morgan fingerprint density at radius 3 is 2.47 bits per heavy atom. The van der Waals surface area contributed by atoms with Gasteiger partial charge in [-0.25, -0.2) is 0 Å². The third-order valence-electron chi connectivity index (χ3n) is 3.06. The lowest BCUT2D eigenvalue weighted by Crippen LogP contribution is -2.25. The van der Waals surface area contributed by atoms with Gasteiger partial charge in [0.1, 0.15) is 0 Å². The van der Waals surface area contributed by atoms with Crippen LogP contribution in [0.3, 0.4) is 0 Å². The molecule has 0 fully saturated rings. The van der Waals surface area contributed by atoms with Gasteiger partial charge in [0, 0.05) is 17.6 Å². The van der Waals surface area contributed by atoms with Crippen LogP contribution in [0.25, 0.3) is 0 Å². The second-order valence-corrected chi connectivity index (χ2v) is 5.19. The fourth-order valence-electron chi connectivity index (χ4n) is 1.87. The third-order valence-corrected chi connectivity index (χ3v) is 3.31. The summed E-state index contributed by atoms with van der Waals surface area (Å²) in [4.78, 5) is 0. The largest absolute Gasteiger partial charge is 0.310 e. The van der Waals surface area contributed by atoms with Crippen molar-refractivity contribution in [1.82, 2.24) is 5.32 Å². The number of hydrogen-bond acceptors (Lipinski definition) is 1. The molecule has 1 aromatic rings. The minimum absolute atomic E-state index is 0.600. The Bertz CT molecular complexity index is 294. The summed E-state index contributed by atoms with van der Waals surface area (Å²) in [5.74, 6) is 0. The Kier molecular flexibility index (Phi) is 7.30. The van der Waals surface area contributed by atoms with Gasteiger partial charge in [0.15, 0.2) is 0 Å². The maximum Gasteiger partial charge on any atom is 0.0406 e. The minimum atomic E-state index is 0.600. The summed E-state index contributed by atoms with van der Waals surface area (Å²) >= 11 is 5.85. The topological polar surface area (TPSA) is 12.0 Å². The van der Waals surface area contributed by atoms with E-state index in [0.717, 1.165) is 11.6 Å². The first-order valence-corrected chi connectivity index (χ1v) is 7.08. The summed E-state index contributed by atoms with van der Waals surface area (Å²) in [6.45, 7) is 5.45. The van der Waals surface area contributed by atoms with Crippen LogP contribution < -0.4 is 5.32 Å².